The van der Waals surface area contributed by atoms with Crippen LogP contribution in [0.1, 0.15) is 0 Å². The Bertz CT molecular complexity index is 939. The van der Waals surface area contributed by atoms with Gasteiger partial charge in [0.2, 0.25) is 11.1 Å². The number of allylic oxidation sites excluding steroid dienone is 1. The van der Waals surface area contributed by atoms with E-state index in [0.29, 0.717) is 11.7 Å². The molecule has 0 radical (unpaired) electrons. The Hall–Kier alpha value is -1.90. The first-order valence-corrected chi connectivity index (χ1v) is 10.6. The van der Waals surface area contributed by atoms with Gasteiger partial charge in [0.05, 0.1) is 12.3 Å². The number of benzene rings is 2. The van der Waals surface area contributed by atoms with Gasteiger partial charge in [-0.2, -0.15) is 0 Å². The largest absolute Gasteiger partial charge is 0.325 e. The molecule has 1 heterocycles. The van der Waals surface area contributed by atoms with Crippen LogP contribution in [0.3, 0.4) is 0 Å². The van der Waals surface area contributed by atoms with Gasteiger partial charge in [-0.3, -0.25) is 4.79 Å². The standard InChI is InChI=1S/C19H16Br2N4OS/c1-2-11-25-18(13-3-5-14(20)6-4-13)23-19(24-25)27-12-17(26)22-16-9-7-15(21)8-10-16/h2-10H,1,11-12H2,(H,22,26). The fraction of sp³-hybridized carbons (Fsp3) is 0.105. The predicted molar refractivity (Wildman–Crippen MR) is 117 cm³/mol. The highest BCUT2D eigenvalue weighted by Gasteiger charge is 2.13. The second-order valence-corrected chi connectivity index (χ2v) is 8.31. The molecular formula is C19H16Br2N4OS. The highest BCUT2D eigenvalue weighted by Crippen LogP contribution is 2.24. The number of halogens is 2. The number of aromatic nitrogens is 3. The summed E-state index contributed by atoms with van der Waals surface area (Å²) in [5, 5.41) is 7.90. The molecule has 0 bridgehead atoms. The van der Waals surface area contributed by atoms with Crippen molar-refractivity contribution >= 4 is 55.2 Å². The van der Waals surface area contributed by atoms with Crippen molar-refractivity contribution in [2.75, 3.05) is 11.1 Å². The molecular weight excluding hydrogens is 492 g/mol. The van der Waals surface area contributed by atoms with E-state index >= 15 is 0 Å². The zero-order valence-electron chi connectivity index (χ0n) is 14.2. The Morgan fingerprint density at radius 3 is 2.37 bits per heavy atom. The maximum Gasteiger partial charge on any atom is 0.234 e. The van der Waals surface area contributed by atoms with Crippen LogP contribution in [-0.2, 0) is 11.3 Å². The van der Waals surface area contributed by atoms with Gasteiger partial charge in [-0.15, -0.1) is 11.7 Å². The Morgan fingerprint density at radius 2 is 1.74 bits per heavy atom. The third-order valence-corrected chi connectivity index (χ3v) is 5.41. The number of nitrogens with zero attached hydrogens (tertiary/aromatic N) is 3. The lowest BCUT2D eigenvalue weighted by Gasteiger charge is -2.03. The molecule has 1 N–H and O–H groups in total. The van der Waals surface area contributed by atoms with Crippen molar-refractivity contribution in [3.63, 3.8) is 0 Å². The lowest BCUT2D eigenvalue weighted by atomic mass is 10.2. The molecule has 8 heteroatoms. The number of nitrogens with one attached hydrogen (secondary N) is 1. The normalized spacial score (nSPS) is 10.6. The van der Waals surface area contributed by atoms with Gasteiger partial charge >= 0.3 is 0 Å². The second-order valence-electron chi connectivity index (χ2n) is 5.54. The van der Waals surface area contributed by atoms with Crippen LogP contribution in [0.4, 0.5) is 5.69 Å². The SMILES string of the molecule is C=CCn1nc(SCC(=O)Nc2ccc(Br)cc2)nc1-c1ccc(Br)cc1. The molecule has 2 aromatic carbocycles. The van der Waals surface area contributed by atoms with Crippen molar-refractivity contribution in [3.8, 4) is 11.4 Å². The highest BCUT2D eigenvalue weighted by atomic mass is 79.9. The molecule has 0 atom stereocenters. The minimum absolute atomic E-state index is 0.104. The van der Waals surface area contributed by atoms with E-state index in [9.17, 15) is 4.79 Å². The summed E-state index contributed by atoms with van der Waals surface area (Å²) < 4.78 is 3.75. The third kappa shape index (κ3) is 5.54. The van der Waals surface area contributed by atoms with Crippen LogP contribution in [0.2, 0.25) is 0 Å². The van der Waals surface area contributed by atoms with Crippen LogP contribution in [0.5, 0.6) is 0 Å². The van der Waals surface area contributed by atoms with E-state index in [-0.39, 0.29) is 11.7 Å². The van der Waals surface area contributed by atoms with Gasteiger partial charge in [0.1, 0.15) is 0 Å². The van der Waals surface area contributed by atoms with E-state index in [1.807, 2.05) is 48.5 Å². The molecule has 0 unspecified atom stereocenters. The smallest absolute Gasteiger partial charge is 0.234 e. The minimum atomic E-state index is -0.104. The summed E-state index contributed by atoms with van der Waals surface area (Å²) in [6.07, 6.45) is 1.77. The Labute approximate surface area is 178 Å². The molecule has 0 spiro atoms. The van der Waals surface area contributed by atoms with Crippen molar-refractivity contribution in [1.82, 2.24) is 14.8 Å². The fourth-order valence-corrected chi connectivity index (χ4v) is 3.47. The van der Waals surface area contributed by atoms with Crippen LogP contribution in [0.15, 0.2) is 75.3 Å². The monoisotopic (exact) mass is 506 g/mol. The highest BCUT2D eigenvalue weighted by molar-refractivity contribution is 9.10. The van der Waals surface area contributed by atoms with Crippen molar-refractivity contribution in [3.05, 3.63) is 70.1 Å². The topological polar surface area (TPSA) is 59.8 Å². The minimum Gasteiger partial charge on any atom is -0.325 e. The number of carbonyl (C=O) groups excluding carboxylic acids is 1. The Kier molecular flexibility index (Phi) is 6.87. The number of rotatable bonds is 7. The van der Waals surface area contributed by atoms with E-state index in [1.165, 1.54) is 11.8 Å². The lowest BCUT2D eigenvalue weighted by molar-refractivity contribution is -0.113. The van der Waals surface area contributed by atoms with Gasteiger partial charge in [-0.05, 0) is 36.4 Å². The fourth-order valence-electron chi connectivity index (χ4n) is 2.30. The molecule has 138 valence electrons. The molecule has 1 aromatic heterocycles. The summed E-state index contributed by atoms with van der Waals surface area (Å²) in [7, 11) is 0. The average molecular weight is 508 g/mol. The number of amides is 1. The quantitative estimate of drug-likeness (QED) is 0.344. The first-order chi connectivity index (χ1) is 13.0. The molecule has 0 aliphatic heterocycles. The van der Waals surface area contributed by atoms with Gasteiger partial charge in [0.25, 0.3) is 0 Å². The van der Waals surface area contributed by atoms with Crippen molar-refractivity contribution in [1.29, 1.82) is 0 Å². The number of hydrogen-bond acceptors (Lipinski definition) is 4. The van der Waals surface area contributed by atoms with Gasteiger partial charge in [-0.1, -0.05) is 61.8 Å². The number of anilines is 1. The van der Waals surface area contributed by atoms with Gasteiger partial charge < -0.3 is 5.32 Å². The van der Waals surface area contributed by atoms with E-state index in [4.69, 9.17) is 0 Å². The molecule has 0 saturated heterocycles. The second kappa shape index (κ2) is 9.34. The third-order valence-electron chi connectivity index (χ3n) is 3.52. The van der Waals surface area contributed by atoms with Crippen LogP contribution in [0.25, 0.3) is 11.4 Å². The summed E-state index contributed by atoms with van der Waals surface area (Å²) in [6.45, 7) is 4.32. The average Bonchev–Trinajstić information content (AvgIpc) is 3.06. The number of hydrogen-bond donors (Lipinski definition) is 1. The molecule has 0 aliphatic rings. The molecule has 5 nitrogen and oxygen atoms in total. The molecule has 3 aromatic rings. The Morgan fingerprint density at radius 1 is 1.11 bits per heavy atom. The Balaban J connectivity index is 1.68. The molecule has 27 heavy (non-hydrogen) atoms. The summed E-state index contributed by atoms with van der Waals surface area (Å²) in [5.74, 6) is 0.874. The first kappa shape index (κ1) is 19.9. The zero-order valence-corrected chi connectivity index (χ0v) is 18.2. The summed E-state index contributed by atoms with van der Waals surface area (Å²) in [5.41, 5.74) is 1.71. The number of carbonyl (C=O) groups is 1. The van der Waals surface area contributed by atoms with Crippen molar-refractivity contribution in [2.24, 2.45) is 0 Å². The van der Waals surface area contributed by atoms with Crippen molar-refractivity contribution < 1.29 is 4.79 Å². The maximum atomic E-state index is 12.2. The van der Waals surface area contributed by atoms with Crippen LogP contribution >= 0.6 is 43.6 Å². The van der Waals surface area contributed by atoms with E-state index in [0.717, 1.165) is 26.0 Å². The summed E-state index contributed by atoms with van der Waals surface area (Å²) in [4.78, 5) is 16.8. The number of thioether (sulfide) groups is 1. The first-order valence-electron chi connectivity index (χ1n) is 8.05. The lowest BCUT2D eigenvalue weighted by Crippen LogP contribution is -2.14. The van der Waals surface area contributed by atoms with E-state index in [1.54, 1.807) is 10.8 Å². The molecule has 0 fully saturated rings. The zero-order chi connectivity index (χ0) is 19.2. The summed E-state index contributed by atoms with van der Waals surface area (Å²) in [6, 6.07) is 15.3. The van der Waals surface area contributed by atoms with Crippen LogP contribution < -0.4 is 5.32 Å². The molecule has 0 aliphatic carbocycles. The molecule has 3 rings (SSSR count). The van der Waals surface area contributed by atoms with Gasteiger partial charge in [0.15, 0.2) is 5.82 Å². The maximum absolute atomic E-state index is 12.2. The van der Waals surface area contributed by atoms with Crippen molar-refractivity contribution in [2.45, 2.75) is 11.7 Å². The van der Waals surface area contributed by atoms with Crippen LogP contribution in [-0.4, -0.2) is 26.4 Å². The van der Waals surface area contributed by atoms with E-state index < -0.39 is 0 Å². The van der Waals surface area contributed by atoms with E-state index in [2.05, 4.69) is 53.8 Å². The summed E-state index contributed by atoms with van der Waals surface area (Å²) >= 11 is 8.11. The van der Waals surface area contributed by atoms with Gasteiger partial charge in [-0.25, -0.2) is 9.67 Å². The van der Waals surface area contributed by atoms with Gasteiger partial charge in [0, 0.05) is 20.2 Å². The predicted octanol–water partition coefficient (Wildman–Crippen LogP) is 5.39. The molecule has 1 amide bonds. The molecule has 0 saturated carbocycles. The van der Waals surface area contributed by atoms with Crippen LogP contribution in [0, 0.1) is 0 Å².